The minimum atomic E-state index is -0.255. The second-order valence-electron chi connectivity index (χ2n) is 4.30. The number of hydrogen-bond donors (Lipinski definition) is 2. The van der Waals surface area contributed by atoms with Crippen molar-refractivity contribution in [3.05, 3.63) is 0 Å². The second-order valence-corrected chi connectivity index (χ2v) is 4.30. The van der Waals surface area contributed by atoms with Gasteiger partial charge in [-0.3, -0.25) is 9.59 Å². The van der Waals surface area contributed by atoms with E-state index in [1.807, 2.05) is 0 Å². The Bertz CT molecular complexity index is 256. The van der Waals surface area contributed by atoms with Crippen molar-refractivity contribution in [2.75, 3.05) is 26.2 Å². The van der Waals surface area contributed by atoms with Crippen molar-refractivity contribution >= 4 is 24.3 Å². The summed E-state index contributed by atoms with van der Waals surface area (Å²) < 4.78 is 4.78. The molecule has 0 saturated carbocycles. The SMILES string of the molecule is CCOC(=O)CCNC(=O)CC1CCNCC1.Cl. The number of amides is 1. The Morgan fingerprint density at radius 1 is 1.33 bits per heavy atom. The van der Waals surface area contributed by atoms with Crippen LogP contribution in [0, 0.1) is 5.92 Å². The van der Waals surface area contributed by atoms with Gasteiger partial charge in [0, 0.05) is 13.0 Å². The Morgan fingerprint density at radius 3 is 2.61 bits per heavy atom. The smallest absolute Gasteiger partial charge is 0.307 e. The van der Waals surface area contributed by atoms with E-state index >= 15 is 0 Å². The molecular weight excluding hydrogens is 256 g/mol. The maximum absolute atomic E-state index is 11.6. The molecule has 0 atom stereocenters. The van der Waals surface area contributed by atoms with Gasteiger partial charge < -0.3 is 15.4 Å². The summed E-state index contributed by atoms with van der Waals surface area (Å²) in [5.41, 5.74) is 0. The lowest BCUT2D eigenvalue weighted by molar-refractivity contribution is -0.143. The number of carbonyl (C=O) groups is 2. The summed E-state index contributed by atoms with van der Waals surface area (Å²) in [4.78, 5) is 22.6. The molecule has 0 aromatic rings. The molecule has 1 aliphatic rings. The monoisotopic (exact) mass is 278 g/mol. The van der Waals surface area contributed by atoms with Crippen LogP contribution in [-0.2, 0) is 14.3 Å². The Morgan fingerprint density at radius 2 is 2.00 bits per heavy atom. The summed E-state index contributed by atoms with van der Waals surface area (Å²) in [6, 6.07) is 0. The van der Waals surface area contributed by atoms with Crippen LogP contribution in [0.4, 0.5) is 0 Å². The molecule has 0 aromatic carbocycles. The van der Waals surface area contributed by atoms with Gasteiger partial charge >= 0.3 is 5.97 Å². The summed E-state index contributed by atoms with van der Waals surface area (Å²) in [6.07, 6.45) is 2.95. The fraction of sp³-hybridized carbons (Fsp3) is 0.833. The zero-order valence-electron chi connectivity index (χ0n) is 10.9. The maximum atomic E-state index is 11.6. The van der Waals surface area contributed by atoms with E-state index in [0.29, 0.717) is 25.5 Å². The molecule has 1 saturated heterocycles. The summed E-state index contributed by atoms with van der Waals surface area (Å²) in [6.45, 7) is 4.54. The molecule has 1 fully saturated rings. The molecule has 0 aromatic heterocycles. The van der Waals surface area contributed by atoms with Crippen molar-refractivity contribution in [3.8, 4) is 0 Å². The molecule has 5 nitrogen and oxygen atoms in total. The predicted molar refractivity (Wildman–Crippen MR) is 71.7 cm³/mol. The number of esters is 1. The average Bonchev–Trinajstić information content (AvgIpc) is 2.30. The standard InChI is InChI=1S/C12H22N2O3.ClH/c1-2-17-12(16)5-8-14-11(15)9-10-3-6-13-7-4-10;/h10,13H,2-9H2,1H3,(H,14,15);1H. The van der Waals surface area contributed by atoms with Crippen LogP contribution in [0.3, 0.4) is 0 Å². The van der Waals surface area contributed by atoms with Gasteiger partial charge in [-0.1, -0.05) is 0 Å². The van der Waals surface area contributed by atoms with Crippen LogP contribution in [0.2, 0.25) is 0 Å². The van der Waals surface area contributed by atoms with E-state index in [1.165, 1.54) is 0 Å². The first-order chi connectivity index (χ1) is 8.22. The highest BCUT2D eigenvalue weighted by Gasteiger charge is 2.16. The highest BCUT2D eigenvalue weighted by atomic mass is 35.5. The molecule has 0 bridgehead atoms. The molecule has 2 N–H and O–H groups in total. The number of hydrogen-bond acceptors (Lipinski definition) is 4. The van der Waals surface area contributed by atoms with Gasteiger partial charge in [-0.2, -0.15) is 0 Å². The third kappa shape index (κ3) is 7.50. The summed E-state index contributed by atoms with van der Waals surface area (Å²) >= 11 is 0. The van der Waals surface area contributed by atoms with Gasteiger partial charge in [0.15, 0.2) is 0 Å². The van der Waals surface area contributed by atoms with Crippen LogP contribution < -0.4 is 10.6 Å². The van der Waals surface area contributed by atoms with Crippen molar-refractivity contribution in [3.63, 3.8) is 0 Å². The highest BCUT2D eigenvalue weighted by Crippen LogP contribution is 2.15. The minimum Gasteiger partial charge on any atom is -0.466 e. The number of ether oxygens (including phenoxy) is 1. The van der Waals surface area contributed by atoms with E-state index in [0.717, 1.165) is 25.9 Å². The fourth-order valence-corrected chi connectivity index (χ4v) is 1.96. The van der Waals surface area contributed by atoms with Gasteiger partial charge in [0.2, 0.25) is 5.91 Å². The van der Waals surface area contributed by atoms with Gasteiger partial charge in [0.05, 0.1) is 13.0 Å². The molecule has 1 aliphatic heterocycles. The van der Waals surface area contributed by atoms with E-state index in [4.69, 9.17) is 4.74 Å². The van der Waals surface area contributed by atoms with Gasteiger partial charge in [0.1, 0.15) is 0 Å². The summed E-state index contributed by atoms with van der Waals surface area (Å²) in [5.74, 6) is 0.273. The molecule has 0 aliphatic carbocycles. The predicted octanol–water partition coefficient (Wildman–Crippen LogP) is 0.867. The van der Waals surface area contributed by atoms with E-state index in [9.17, 15) is 9.59 Å². The van der Waals surface area contributed by atoms with E-state index in [1.54, 1.807) is 6.92 Å². The minimum absolute atomic E-state index is 0. The lowest BCUT2D eigenvalue weighted by Crippen LogP contribution is -2.33. The van der Waals surface area contributed by atoms with Crippen molar-refractivity contribution < 1.29 is 14.3 Å². The Balaban J connectivity index is 0.00000289. The van der Waals surface area contributed by atoms with Crippen LogP contribution in [0.5, 0.6) is 0 Å². The van der Waals surface area contributed by atoms with Crippen LogP contribution in [-0.4, -0.2) is 38.1 Å². The normalized spacial score (nSPS) is 15.6. The Labute approximate surface area is 114 Å². The number of piperidine rings is 1. The average molecular weight is 279 g/mol. The van der Waals surface area contributed by atoms with Gasteiger partial charge in [-0.05, 0) is 38.8 Å². The molecule has 0 unspecified atom stereocenters. The third-order valence-electron chi connectivity index (χ3n) is 2.89. The van der Waals surface area contributed by atoms with Crippen molar-refractivity contribution in [1.29, 1.82) is 0 Å². The first-order valence-corrected chi connectivity index (χ1v) is 6.35. The zero-order valence-corrected chi connectivity index (χ0v) is 11.7. The van der Waals surface area contributed by atoms with Gasteiger partial charge in [0.25, 0.3) is 0 Å². The molecule has 0 radical (unpaired) electrons. The molecule has 1 amide bonds. The lowest BCUT2D eigenvalue weighted by Gasteiger charge is -2.21. The van der Waals surface area contributed by atoms with Crippen molar-refractivity contribution in [2.45, 2.75) is 32.6 Å². The summed E-state index contributed by atoms with van der Waals surface area (Å²) in [5, 5.41) is 6.03. The first kappa shape index (κ1) is 17.2. The maximum Gasteiger partial charge on any atom is 0.307 e. The van der Waals surface area contributed by atoms with Gasteiger partial charge in [-0.25, -0.2) is 0 Å². The number of rotatable bonds is 6. The highest BCUT2D eigenvalue weighted by molar-refractivity contribution is 5.85. The van der Waals surface area contributed by atoms with Crippen LogP contribution >= 0.6 is 12.4 Å². The van der Waals surface area contributed by atoms with Crippen LogP contribution in [0.25, 0.3) is 0 Å². The topological polar surface area (TPSA) is 67.4 Å². The Kier molecular flexibility index (Phi) is 9.69. The number of halogens is 1. The van der Waals surface area contributed by atoms with E-state index in [-0.39, 0.29) is 30.7 Å². The molecule has 1 heterocycles. The van der Waals surface area contributed by atoms with Crippen molar-refractivity contribution in [2.24, 2.45) is 5.92 Å². The number of carbonyl (C=O) groups excluding carboxylic acids is 2. The van der Waals surface area contributed by atoms with E-state index in [2.05, 4.69) is 10.6 Å². The van der Waals surface area contributed by atoms with E-state index < -0.39 is 0 Å². The van der Waals surface area contributed by atoms with Crippen LogP contribution in [0.15, 0.2) is 0 Å². The molecule has 1 rings (SSSR count). The quantitative estimate of drug-likeness (QED) is 0.708. The van der Waals surface area contributed by atoms with Gasteiger partial charge in [-0.15, -0.1) is 12.4 Å². The third-order valence-corrected chi connectivity index (χ3v) is 2.89. The zero-order chi connectivity index (χ0) is 12.5. The number of nitrogens with one attached hydrogen (secondary N) is 2. The largest absolute Gasteiger partial charge is 0.466 e. The van der Waals surface area contributed by atoms with Crippen molar-refractivity contribution in [1.82, 2.24) is 10.6 Å². The molecular formula is C12H23ClN2O3. The molecule has 106 valence electrons. The molecule has 18 heavy (non-hydrogen) atoms. The fourth-order valence-electron chi connectivity index (χ4n) is 1.96. The molecule has 0 spiro atoms. The second kappa shape index (κ2) is 10.1. The lowest BCUT2D eigenvalue weighted by atomic mass is 9.94. The Hall–Kier alpha value is -0.810. The van der Waals surface area contributed by atoms with Crippen LogP contribution in [0.1, 0.15) is 32.6 Å². The first-order valence-electron chi connectivity index (χ1n) is 6.35. The summed E-state index contributed by atoms with van der Waals surface area (Å²) in [7, 11) is 0. The molecule has 6 heteroatoms.